The van der Waals surface area contributed by atoms with E-state index in [1.54, 1.807) is 4.90 Å². The first kappa shape index (κ1) is 13.8. The summed E-state index contributed by atoms with van der Waals surface area (Å²) in [6, 6.07) is -0.348. The maximum Gasteiger partial charge on any atom is 0.317 e. The van der Waals surface area contributed by atoms with Gasteiger partial charge in [-0.05, 0) is 18.3 Å². The molecule has 0 spiro atoms. The van der Waals surface area contributed by atoms with Crippen molar-refractivity contribution in [1.29, 1.82) is 0 Å². The molecular formula is C12H22N2O3. The zero-order chi connectivity index (χ0) is 13.1. The van der Waals surface area contributed by atoms with Gasteiger partial charge in [0.15, 0.2) is 0 Å². The van der Waals surface area contributed by atoms with Crippen LogP contribution in [0, 0.1) is 5.41 Å². The first-order chi connectivity index (χ1) is 7.79. The lowest BCUT2D eigenvalue weighted by Crippen LogP contribution is -2.52. The fourth-order valence-corrected chi connectivity index (χ4v) is 2.20. The summed E-state index contributed by atoms with van der Waals surface area (Å²) in [4.78, 5) is 24.3. The molecule has 1 fully saturated rings. The van der Waals surface area contributed by atoms with Crippen LogP contribution < -0.4 is 5.32 Å². The summed E-state index contributed by atoms with van der Waals surface area (Å²) < 4.78 is 0. The number of carbonyl (C=O) groups is 2. The summed E-state index contributed by atoms with van der Waals surface area (Å²) in [5.41, 5.74) is 0.0117. The number of amides is 2. The van der Waals surface area contributed by atoms with Gasteiger partial charge < -0.3 is 15.3 Å². The minimum atomic E-state index is -0.849. The van der Waals surface area contributed by atoms with E-state index in [0.717, 1.165) is 6.42 Å². The first-order valence-electron chi connectivity index (χ1n) is 6.06. The maximum absolute atomic E-state index is 11.7. The number of carbonyl (C=O) groups excluding carboxylic acids is 1. The first-order valence-corrected chi connectivity index (χ1v) is 6.06. The molecule has 1 unspecified atom stereocenters. The second kappa shape index (κ2) is 5.38. The van der Waals surface area contributed by atoms with Crippen LogP contribution in [-0.2, 0) is 4.79 Å². The van der Waals surface area contributed by atoms with Gasteiger partial charge in [0.2, 0.25) is 0 Å². The Labute approximate surface area is 102 Å². The molecule has 17 heavy (non-hydrogen) atoms. The van der Waals surface area contributed by atoms with Gasteiger partial charge in [-0.2, -0.15) is 0 Å². The average molecular weight is 242 g/mol. The number of nitrogens with one attached hydrogen (secondary N) is 1. The van der Waals surface area contributed by atoms with Gasteiger partial charge in [-0.3, -0.25) is 4.79 Å². The minimum Gasteiger partial charge on any atom is -0.481 e. The Bertz CT molecular complexity index is 297. The third-order valence-electron chi connectivity index (χ3n) is 2.81. The zero-order valence-electron chi connectivity index (χ0n) is 10.8. The van der Waals surface area contributed by atoms with Gasteiger partial charge in [0, 0.05) is 19.1 Å². The van der Waals surface area contributed by atoms with Crippen molar-refractivity contribution in [3.8, 4) is 0 Å². The van der Waals surface area contributed by atoms with Crippen LogP contribution in [0.3, 0.4) is 0 Å². The van der Waals surface area contributed by atoms with Crippen molar-refractivity contribution in [2.45, 2.75) is 46.1 Å². The Morgan fingerprint density at radius 2 is 2.18 bits per heavy atom. The van der Waals surface area contributed by atoms with Crippen LogP contribution in [0.5, 0.6) is 0 Å². The number of hydrogen-bond donors (Lipinski definition) is 2. The molecule has 0 aliphatic carbocycles. The Balaban J connectivity index is 2.73. The van der Waals surface area contributed by atoms with Gasteiger partial charge in [0.05, 0.1) is 6.42 Å². The van der Waals surface area contributed by atoms with Crippen molar-refractivity contribution >= 4 is 12.0 Å². The lowest BCUT2D eigenvalue weighted by molar-refractivity contribution is -0.138. The molecule has 0 radical (unpaired) electrons. The van der Waals surface area contributed by atoms with Gasteiger partial charge in [-0.1, -0.05) is 20.8 Å². The van der Waals surface area contributed by atoms with Crippen molar-refractivity contribution in [3.63, 3.8) is 0 Å². The molecule has 1 aliphatic heterocycles. The molecule has 5 nitrogen and oxygen atoms in total. The molecule has 98 valence electrons. The van der Waals surface area contributed by atoms with Crippen LogP contribution in [0.1, 0.15) is 40.0 Å². The monoisotopic (exact) mass is 242 g/mol. The highest BCUT2D eigenvalue weighted by Crippen LogP contribution is 2.26. The normalized spacial score (nSPS) is 18.8. The number of aliphatic carboxylic acids is 1. The van der Waals surface area contributed by atoms with Crippen molar-refractivity contribution in [1.82, 2.24) is 10.2 Å². The molecule has 1 heterocycles. The van der Waals surface area contributed by atoms with Gasteiger partial charge in [0.1, 0.15) is 0 Å². The highest BCUT2D eigenvalue weighted by Gasteiger charge is 2.30. The molecule has 5 heteroatoms. The summed E-state index contributed by atoms with van der Waals surface area (Å²) in [7, 11) is 0. The molecule has 2 amide bonds. The highest BCUT2D eigenvalue weighted by molar-refractivity contribution is 5.76. The van der Waals surface area contributed by atoms with Crippen molar-refractivity contribution in [2.24, 2.45) is 5.41 Å². The van der Waals surface area contributed by atoms with Gasteiger partial charge >= 0.3 is 12.0 Å². The smallest absolute Gasteiger partial charge is 0.317 e. The Kier molecular flexibility index (Phi) is 4.37. The zero-order valence-corrected chi connectivity index (χ0v) is 10.8. The average Bonchev–Trinajstić information content (AvgIpc) is 2.14. The summed E-state index contributed by atoms with van der Waals surface area (Å²) in [5.74, 6) is -0.849. The number of nitrogens with zero attached hydrogens (tertiary/aromatic N) is 1. The number of hydrogen-bond acceptors (Lipinski definition) is 2. The predicted molar refractivity (Wildman–Crippen MR) is 64.8 cm³/mol. The van der Waals surface area contributed by atoms with Crippen LogP contribution in [0.4, 0.5) is 4.79 Å². The van der Waals surface area contributed by atoms with Crippen LogP contribution in [-0.4, -0.2) is 41.1 Å². The molecular weight excluding hydrogens is 220 g/mol. The molecule has 2 N–H and O–H groups in total. The van der Waals surface area contributed by atoms with Crippen LogP contribution in [0.2, 0.25) is 0 Å². The molecule has 1 rings (SSSR count). The van der Waals surface area contributed by atoms with E-state index in [4.69, 9.17) is 5.11 Å². The lowest BCUT2D eigenvalue weighted by Gasteiger charge is -2.37. The Hall–Kier alpha value is -1.26. The third-order valence-corrected chi connectivity index (χ3v) is 2.81. The second-order valence-corrected chi connectivity index (χ2v) is 5.80. The molecule has 0 saturated carbocycles. The quantitative estimate of drug-likeness (QED) is 0.788. The Morgan fingerprint density at radius 1 is 1.53 bits per heavy atom. The standard InChI is InChI=1S/C12H22N2O3/c1-12(2,3)8-9(7-10(15)16)14-6-4-5-13-11(14)17/h9H,4-8H2,1-3H3,(H,13,17)(H,15,16). The lowest BCUT2D eigenvalue weighted by atomic mass is 9.86. The fourth-order valence-electron chi connectivity index (χ4n) is 2.20. The molecule has 1 atom stereocenters. The van der Waals surface area contributed by atoms with Gasteiger partial charge in [-0.25, -0.2) is 4.79 Å². The predicted octanol–water partition coefficient (Wildman–Crippen LogP) is 1.68. The molecule has 0 aromatic heterocycles. The van der Waals surface area contributed by atoms with Crippen LogP contribution in [0.15, 0.2) is 0 Å². The number of carboxylic acids is 1. The second-order valence-electron chi connectivity index (χ2n) is 5.80. The summed E-state index contributed by atoms with van der Waals surface area (Å²) in [5, 5.41) is 11.7. The molecule has 1 aliphatic rings. The van der Waals surface area contributed by atoms with Crippen LogP contribution >= 0.6 is 0 Å². The van der Waals surface area contributed by atoms with E-state index in [1.165, 1.54) is 0 Å². The van der Waals surface area contributed by atoms with E-state index in [2.05, 4.69) is 26.1 Å². The van der Waals surface area contributed by atoms with E-state index >= 15 is 0 Å². The molecule has 1 saturated heterocycles. The fraction of sp³-hybridized carbons (Fsp3) is 0.833. The van der Waals surface area contributed by atoms with E-state index in [0.29, 0.717) is 19.5 Å². The van der Waals surface area contributed by atoms with Crippen molar-refractivity contribution < 1.29 is 14.7 Å². The Morgan fingerprint density at radius 3 is 2.65 bits per heavy atom. The van der Waals surface area contributed by atoms with E-state index in [9.17, 15) is 9.59 Å². The summed E-state index contributed by atoms with van der Waals surface area (Å²) in [6.45, 7) is 7.52. The number of carboxylic acid groups (broad SMARTS) is 1. The summed E-state index contributed by atoms with van der Waals surface area (Å²) >= 11 is 0. The largest absolute Gasteiger partial charge is 0.481 e. The minimum absolute atomic E-state index is 0.0117. The van der Waals surface area contributed by atoms with Gasteiger partial charge in [0.25, 0.3) is 0 Å². The third kappa shape index (κ3) is 4.63. The van der Waals surface area contributed by atoms with E-state index in [1.807, 2.05) is 0 Å². The SMILES string of the molecule is CC(C)(C)CC(CC(=O)O)N1CCCNC1=O. The van der Waals surface area contributed by atoms with Crippen molar-refractivity contribution in [3.05, 3.63) is 0 Å². The number of urea groups is 1. The van der Waals surface area contributed by atoms with Crippen LogP contribution in [0.25, 0.3) is 0 Å². The molecule has 0 bridgehead atoms. The topological polar surface area (TPSA) is 69.6 Å². The van der Waals surface area contributed by atoms with Gasteiger partial charge in [-0.15, -0.1) is 0 Å². The molecule has 0 aromatic carbocycles. The van der Waals surface area contributed by atoms with E-state index in [-0.39, 0.29) is 23.9 Å². The highest BCUT2D eigenvalue weighted by atomic mass is 16.4. The summed E-state index contributed by atoms with van der Waals surface area (Å²) in [6.07, 6.45) is 1.60. The maximum atomic E-state index is 11.7. The molecule has 0 aromatic rings. The van der Waals surface area contributed by atoms with Crippen molar-refractivity contribution in [2.75, 3.05) is 13.1 Å². The number of rotatable bonds is 4. The van der Waals surface area contributed by atoms with E-state index < -0.39 is 5.97 Å².